The lowest BCUT2D eigenvalue weighted by molar-refractivity contribution is -0.149. The number of hydrogen-bond donors (Lipinski definition) is 2. The van der Waals surface area contributed by atoms with Crippen LogP contribution in [0, 0.1) is 5.92 Å². The highest BCUT2D eigenvalue weighted by molar-refractivity contribution is 5.87. The molecule has 1 amide bonds. The third kappa shape index (κ3) is 2.95. The van der Waals surface area contributed by atoms with Crippen molar-refractivity contribution in [2.75, 3.05) is 13.7 Å². The van der Waals surface area contributed by atoms with Gasteiger partial charge in [-0.05, 0) is 5.92 Å². The Morgan fingerprint density at radius 2 is 2.06 bits per heavy atom. The number of carbonyl (C=O) groups is 2. The van der Waals surface area contributed by atoms with Crippen molar-refractivity contribution >= 4 is 11.9 Å². The fraction of sp³-hybridized carbons (Fsp3) is 0.818. The predicted molar refractivity (Wildman–Crippen MR) is 61.4 cm³/mol. The van der Waals surface area contributed by atoms with E-state index in [1.807, 2.05) is 13.8 Å². The van der Waals surface area contributed by atoms with Crippen LogP contribution in [0.5, 0.6) is 0 Å². The van der Waals surface area contributed by atoms with Gasteiger partial charge in [0.1, 0.15) is 6.04 Å². The first-order valence-corrected chi connectivity index (χ1v) is 5.70. The van der Waals surface area contributed by atoms with Crippen LogP contribution < -0.4 is 5.73 Å². The molecule has 0 bridgehead atoms. The van der Waals surface area contributed by atoms with Gasteiger partial charge in [-0.15, -0.1) is 0 Å². The highest BCUT2D eigenvalue weighted by atomic mass is 16.5. The first kappa shape index (κ1) is 13.9. The number of carbonyl (C=O) groups excluding carboxylic acids is 1. The van der Waals surface area contributed by atoms with Crippen molar-refractivity contribution in [3.05, 3.63) is 0 Å². The van der Waals surface area contributed by atoms with Crippen LogP contribution in [0.1, 0.15) is 20.3 Å². The maximum atomic E-state index is 12.0. The molecule has 0 saturated carbocycles. The second-order valence-electron chi connectivity index (χ2n) is 4.71. The number of rotatable bonds is 4. The second-order valence-corrected chi connectivity index (χ2v) is 4.71. The lowest BCUT2D eigenvalue weighted by atomic mass is 10.0. The van der Waals surface area contributed by atoms with E-state index < -0.39 is 18.1 Å². The average molecular weight is 244 g/mol. The summed E-state index contributed by atoms with van der Waals surface area (Å²) >= 11 is 0. The average Bonchev–Trinajstić information content (AvgIpc) is 2.70. The number of aliphatic carboxylic acids is 1. The van der Waals surface area contributed by atoms with E-state index in [1.165, 1.54) is 12.0 Å². The van der Waals surface area contributed by atoms with Crippen molar-refractivity contribution in [1.29, 1.82) is 0 Å². The van der Waals surface area contributed by atoms with E-state index >= 15 is 0 Å². The highest BCUT2D eigenvalue weighted by Gasteiger charge is 2.41. The van der Waals surface area contributed by atoms with Crippen LogP contribution in [0.2, 0.25) is 0 Å². The van der Waals surface area contributed by atoms with Gasteiger partial charge in [0.25, 0.3) is 0 Å². The minimum Gasteiger partial charge on any atom is -0.480 e. The normalized spacial score (nSPS) is 26.3. The molecular formula is C11H20N2O4. The molecule has 0 aromatic carbocycles. The molecule has 0 aromatic heterocycles. The van der Waals surface area contributed by atoms with E-state index in [-0.39, 0.29) is 17.9 Å². The second kappa shape index (κ2) is 5.46. The molecule has 17 heavy (non-hydrogen) atoms. The van der Waals surface area contributed by atoms with E-state index in [9.17, 15) is 9.59 Å². The van der Waals surface area contributed by atoms with Gasteiger partial charge in [0, 0.05) is 20.1 Å². The van der Waals surface area contributed by atoms with E-state index in [0.717, 1.165) is 0 Å². The van der Waals surface area contributed by atoms with Crippen LogP contribution in [0.15, 0.2) is 0 Å². The fourth-order valence-electron chi connectivity index (χ4n) is 1.92. The first-order valence-electron chi connectivity index (χ1n) is 5.70. The van der Waals surface area contributed by atoms with Gasteiger partial charge in [0.05, 0.1) is 12.1 Å². The van der Waals surface area contributed by atoms with Crippen LogP contribution in [0.3, 0.4) is 0 Å². The molecule has 0 spiro atoms. The smallest absolute Gasteiger partial charge is 0.326 e. The van der Waals surface area contributed by atoms with Crippen molar-refractivity contribution in [2.24, 2.45) is 11.7 Å². The summed E-state index contributed by atoms with van der Waals surface area (Å²) in [5, 5.41) is 9.08. The molecule has 1 saturated heterocycles. The van der Waals surface area contributed by atoms with Crippen LogP contribution in [-0.4, -0.2) is 53.7 Å². The molecule has 3 N–H and O–H groups in total. The summed E-state index contributed by atoms with van der Waals surface area (Å²) in [5.41, 5.74) is 5.76. The topological polar surface area (TPSA) is 92.9 Å². The lowest BCUT2D eigenvalue weighted by Gasteiger charge is -2.26. The molecule has 1 heterocycles. The Morgan fingerprint density at radius 3 is 2.47 bits per heavy atom. The Morgan fingerprint density at radius 1 is 1.47 bits per heavy atom. The molecule has 98 valence electrons. The molecule has 1 rings (SSSR count). The van der Waals surface area contributed by atoms with Gasteiger partial charge in [0.2, 0.25) is 5.91 Å². The standard InChI is InChI=1S/C11H20N2O4/c1-6(2)9(12)10(14)13-5-7(17-3)4-8(13)11(15)16/h6-9H,4-5,12H2,1-3H3,(H,15,16). The van der Waals surface area contributed by atoms with Gasteiger partial charge in [-0.25, -0.2) is 4.79 Å². The summed E-state index contributed by atoms with van der Waals surface area (Å²) in [7, 11) is 1.51. The minimum absolute atomic E-state index is 0.0152. The maximum Gasteiger partial charge on any atom is 0.326 e. The summed E-state index contributed by atoms with van der Waals surface area (Å²) in [6, 6.07) is -1.48. The number of nitrogens with zero attached hydrogens (tertiary/aromatic N) is 1. The molecule has 3 atom stereocenters. The van der Waals surface area contributed by atoms with Gasteiger partial charge < -0.3 is 20.5 Å². The van der Waals surface area contributed by atoms with Gasteiger partial charge in [0.15, 0.2) is 0 Å². The predicted octanol–water partition coefficient (Wildman–Crippen LogP) is -0.330. The quantitative estimate of drug-likeness (QED) is 0.706. The molecule has 1 fully saturated rings. The van der Waals surface area contributed by atoms with E-state index in [0.29, 0.717) is 13.0 Å². The number of hydrogen-bond acceptors (Lipinski definition) is 4. The van der Waals surface area contributed by atoms with Crippen molar-refractivity contribution in [2.45, 2.75) is 38.5 Å². The Balaban J connectivity index is 2.80. The molecule has 0 aromatic rings. The minimum atomic E-state index is -1.01. The number of likely N-dealkylation sites (tertiary alicyclic amines) is 1. The van der Waals surface area contributed by atoms with Gasteiger partial charge in [-0.3, -0.25) is 4.79 Å². The SMILES string of the molecule is COC1CC(C(=O)O)N(C(=O)C(N)C(C)C)C1. The van der Waals surface area contributed by atoms with Crippen molar-refractivity contribution < 1.29 is 19.4 Å². The van der Waals surface area contributed by atoms with E-state index in [4.69, 9.17) is 15.6 Å². The zero-order valence-corrected chi connectivity index (χ0v) is 10.4. The van der Waals surface area contributed by atoms with Crippen LogP contribution in [0.25, 0.3) is 0 Å². The first-order chi connectivity index (χ1) is 7.88. The lowest BCUT2D eigenvalue weighted by Crippen LogP contribution is -2.50. The van der Waals surface area contributed by atoms with Gasteiger partial charge >= 0.3 is 5.97 Å². The van der Waals surface area contributed by atoms with E-state index in [2.05, 4.69) is 0 Å². The summed E-state index contributed by atoms with van der Waals surface area (Å²) in [5.74, 6) is -1.33. The number of methoxy groups -OCH3 is 1. The largest absolute Gasteiger partial charge is 0.480 e. The van der Waals surface area contributed by atoms with Crippen molar-refractivity contribution in [3.63, 3.8) is 0 Å². The third-order valence-corrected chi connectivity index (χ3v) is 3.17. The fourth-order valence-corrected chi connectivity index (χ4v) is 1.92. The number of amides is 1. The Hall–Kier alpha value is -1.14. The van der Waals surface area contributed by atoms with Crippen molar-refractivity contribution in [3.8, 4) is 0 Å². The zero-order chi connectivity index (χ0) is 13.2. The molecule has 6 nitrogen and oxygen atoms in total. The number of carboxylic acids is 1. The third-order valence-electron chi connectivity index (χ3n) is 3.17. The summed E-state index contributed by atoms with van der Waals surface area (Å²) in [6.07, 6.45) is 0.0990. The Bertz CT molecular complexity index is 306. The highest BCUT2D eigenvalue weighted by Crippen LogP contribution is 2.22. The summed E-state index contributed by atoms with van der Waals surface area (Å²) in [6.45, 7) is 3.97. The number of nitrogens with two attached hydrogens (primary N) is 1. The van der Waals surface area contributed by atoms with Crippen molar-refractivity contribution in [1.82, 2.24) is 4.90 Å². The number of ether oxygens (including phenoxy) is 1. The maximum absolute atomic E-state index is 12.0. The van der Waals surface area contributed by atoms with Gasteiger partial charge in [-0.2, -0.15) is 0 Å². The van der Waals surface area contributed by atoms with Crippen LogP contribution in [0.4, 0.5) is 0 Å². The molecule has 1 aliphatic heterocycles. The molecule has 0 radical (unpaired) electrons. The monoisotopic (exact) mass is 244 g/mol. The van der Waals surface area contributed by atoms with Gasteiger partial charge in [-0.1, -0.05) is 13.8 Å². The number of carboxylic acid groups (broad SMARTS) is 1. The molecule has 3 unspecified atom stereocenters. The Kier molecular flexibility index (Phi) is 4.47. The summed E-state index contributed by atoms with van der Waals surface area (Å²) < 4.78 is 5.11. The molecule has 6 heteroatoms. The summed E-state index contributed by atoms with van der Waals surface area (Å²) in [4.78, 5) is 24.4. The Labute approximate surface area is 101 Å². The zero-order valence-electron chi connectivity index (χ0n) is 10.4. The van der Waals surface area contributed by atoms with Crippen LogP contribution >= 0.6 is 0 Å². The van der Waals surface area contributed by atoms with E-state index in [1.54, 1.807) is 0 Å². The van der Waals surface area contributed by atoms with Crippen LogP contribution in [-0.2, 0) is 14.3 Å². The molecule has 1 aliphatic rings. The molecular weight excluding hydrogens is 224 g/mol. The molecule has 0 aliphatic carbocycles.